The minimum Gasteiger partial charge on any atom is -0.489 e. The Labute approximate surface area is 248 Å². The summed E-state index contributed by atoms with van der Waals surface area (Å²) in [4.78, 5) is 14.8. The fourth-order valence-corrected chi connectivity index (χ4v) is 6.50. The highest BCUT2D eigenvalue weighted by molar-refractivity contribution is 14.1. The zero-order valence-corrected chi connectivity index (χ0v) is 25.8. The van der Waals surface area contributed by atoms with Crippen molar-refractivity contribution in [1.29, 1.82) is 0 Å². The highest BCUT2D eigenvalue weighted by Gasteiger charge is 2.25. The highest BCUT2D eigenvalue weighted by atomic mass is 127. The predicted octanol–water partition coefficient (Wildman–Crippen LogP) is 5.57. The number of ether oxygens (including phenoxy) is 3. The Morgan fingerprint density at radius 3 is 2.57 bits per heavy atom. The second-order valence-electron chi connectivity index (χ2n) is 8.96. The molecule has 1 atom stereocenters. The van der Waals surface area contributed by atoms with Crippen LogP contribution >= 0.6 is 54.5 Å². The van der Waals surface area contributed by atoms with E-state index in [1.54, 1.807) is 0 Å². The molecular formula is C27H31Br2IN2O5. The summed E-state index contributed by atoms with van der Waals surface area (Å²) in [6.45, 7) is 4.92. The molecule has 0 saturated carbocycles. The van der Waals surface area contributed by atoms with E-state index in [-0.39, 0.29) is 12.5 Å². The topological polar surface area (TPSA) is 80.3 Å². The van der Waals surface area contributed by atoms with Crippen molar-refractivity contribution in [2.24, 2.45) is 0 Å². The van der Waals surface area contributed by atoms with E-state index in [0.29, 0.717) is 50.4 Å². The third-order valence-electron chi connectivity index (χ3n) is 6.39. The maximum Gasteiger partial charge on any atom is 0.256 e. The molecule has 0 aliphatic carbocycles. The zero-order valence-electron chi connectivity index (χ0n) is 20.5. The third-order valence-corrected chi connectivity index (χ3v) is 8.24. The van der Waals surface area contributed by atoms with Gasteiger partial charge in [0.2, 0.25) is 0 Å². The third kappa shape index (κ3) is 8.00. The van der Waals surface area contributed by atoms with E-state index >= 15 is 0 Å². The van der Waals surface area contributed by atoms with Crippen molar-refractivity contribution in [2.45, 2.75) is 25.3 Å². The van der Waals surface area contributed by atoms with Gasteiger partial charge in [-0.05, 0) is 122 Å². The molecule has 4 rings (SSSR count). The second kappa shape index (κ2) is 14.4. The molecule has 0 radical (unpaired) electrons. The molecule has 1 fully saturated rings. The fraction of sp³-hybridized carbons (Fsp3) is 0.444. The lowest BCUT2D eigenvalue weighted by Gasteiger charge is -2.22. The number of benzene rings is 2. The number of aliphatic hydroxyl groups is 1. The summed E-state index contributed by atoms with van der Waals surface area (Å²) in [5, 5.41) is 12.3. The van der Waals surface area contributed by atoms with Crippen LogP contribution in [0.1, 0.15) is 30.4 Å². The largest absolute Gasteiger partial charge is 0.489 e. The van der Waals surface area contributed by atoms with Gasteiger partial charge in [0.1, 0.15) is 12.4 Å². The van der Waals surface area contributed by atoms with Crippen LogP contribution in [-0.4, -0.2) is 74.7 Å². The van der Waals surface area contributed by atoms with Crippen LogP contribution in [0, 0.1) is 3.57 Å². The van der Waals surface area contributed by atoms with E-state index in [0.717, 1.165) is 55.3 Å². The average molecular weight is 750 g/mol. The minimum atomic E-state index is -0.104. The van der Waals surface area contributed by atoms with Crippen molar-refractivity contribution >= 4 is 77.7 Å². The summed E-state index contributed by atoms with van der Waals surface area (Å²) in [7, 11) is 0. The van der Waals surface area contributed by atoms with E-state index in [9.17, 15) is 9.90 Å². The van der Waals surface area contributed by atoms with E-state index < -0.39 is 0 Å². The summed E-state index contributed by atoms with van der Waals surface area (Å²) in [6.07, 6.45) is 5.11. The molecule has 7 nitrogen and oxygen atoms in total. The number of nitrogens with zero attached hydrogens (tertiary/aromatic N) is 1. The zero-order chi connectivity index (χ0) is 26.2. The molecule has 2 N–H and O–H groups in total. The van der Waals surface area contributed by atoms with E-state index in [1.807, 2.05) is 36.4 Å². The normalized spacial score (nSPS) is 18.4. The molecule has 2 aromatic rings. The quantitative estimate of drug-likeness (QED) is 0.159. The smallest absolute Gasteiger partial charge is 0.256 e. The number of hydrogen-bond acceptors (Lipinski definition) is 6. The SMILES string of the molecule is O=C1Nc2ccc(I)cc2/C1=C/c1cc(Br)c(OCCOCCOCCCN2CCCC2CO)c(Br)c1. The molecule has 2 aliphatic rings. The first-order valence-electron chi connectivity index (χ1n) is 12.4. The van der Waals surface area contributed by atoms with Gasteiger partial charge in [-0.15, -0.1) is 0 Å². The number of anilines is 1. The Hall–Kier alpha value is -1.02. The standard InChI is InChI=1S/C27H31Br2IN2O5/c28-23-14-18(13-22-21-16-19(30)4-5-25(21)31-27(22)34)15-24(29)26(23)37-12-11-36-10-9-35-8-2-7-32-6-1-3-20(32)17-33/h4-5,13-16,20,33H,1-3,6-12,17H2,(H,31,34)/b22-13-. The Bertz CT molecular complexity index is 1110. The number of carbonyl (C=O) groups is 1. The van der Waals surface area contributed by atoms with Gasteiger partial charge in [0, 0.05) is 39.6 Å². The Morgan fingerprint density at radius 1 is 1.08 bits per heavy atom. The minimum absolute atomic E-state index is 0.104. The molecule has 1 amide bonds. The molecule has 0 spiro atoms. The van der Waals surface area contributed by atoms with Crippen LogP contribution < -0.4 is 10.1 Å². The van der Waals surface area contributed by atoms with Crippen LogP contribution in [0.3, 0.4) is 0 Å². The van der Waals surface area contributed by atoms with Gasteiger partial charge in [-0.25, -0.2) is 0 Å². The van der Waals surface area contributed by atoms with E-state index in [1.165, 1.54) is 6.42 Å². The first kappa shape index (κ1) is 29.0. The Kier molecular flexibility index (Phi) is 11.3. The van der Waals surface area contributed by atoms with Crippen molar-refractivity contribution in [2.75, 3.05) is 58.0 Å². The van der Waals surface area contributed by atoms with Crippen LogP contribution in [0.5, 0.6) is 5.75 Å². The molecule has 10 heteroatoms. The molecule has 200 valence electrons. The summed E-state index contributed by atoms with van der Waals surface area (Å²) < 4.78 is 19.9. The Morgan fingerprint density at radius 2 is 1.81 bits per heavy atom. The van der Waals surface area contributed by atoms with Gasteiger partial charge in [0.25, 0.3) is 5.91 Å². The lowest BCUT2D eigenvalue weighted by molar-refractivity contribution is -0.110. The fourth-order valence-electron chi connectivity index (χ4n) is 4.56. The number of likely N-dealkylation sites (tertiary alicyclic amines) is 1. The van der Waals surface area contributed by atoms with Crippen LogP contribution in [0.25, 0.3) is 11.6 Å². The number of amides is 1. The second-order valence-corrected chi connectivity index (χ2v) is 11.9. The van der Waals surface area contributed by atoms with Crippen molar-refractivity contribution in [3.05, 3.63) is 54.0 Å². The Balaban J connectivity index is 1.17. The van der Waals surface area contributed by atoms with E-state index in [4.69, 9.17) is 14.2 Å². The maximum atomic E-state index is 12.5. The number of aliphatic hydroxyl groups excluding tert-OH is 1. The number of fused-ring (bicyclic) bond motifs is 1. The summed E-state index contributed by atoms with van der Waals surface area (Å²) in [6, 6.07) is 10.1. The number of rotatable bonds is 13. The van der Waals surface area contributed by atoms with Crippen LogP contribution in [0.15, 0.2) is 39.3 Å². The molecule has 2 aromatic carbocycles. The first-order valence-corrected chi connectivity index (χ1v) is 15.1. The lowest BCUT2D eigenvalue weighted by atomic mass is 10.0. The molecule has 2 heterocycles. The van der Waals surface area contributed by atoms with Crippen LogP contribution in [-0.2, 0) is 14.3 Å². The molecule has 0 bridgehead atoms. The monoisotopic (exact) mass is 748 g/mol. The highest BCUT2D eigenvalue weighted by Crippen LogP contribution is 2.38. The van der Waals surface area contributed by atoms with Gasteiger partial charge < -0.3 is 24.6 Å². The van der Waals surface area contributed by atoms with Gasteiger partial charge in [-0.2, -0.15) is 0 Å². The molecule has 1 saturated heterocycles. The number of hydrogen-bond donors (Lipinski definition) is 2. The van der Waals surface area contributed by atoms with E-state index in [2.05, 4.69) is 64.7 Å². The molecular weight excluding hydrogens is 719 g/mol. The van der Waals surface area contributed by atoms with Gasteiger partial charge in [-0.1, -0.05) is 0 Å². The van der Waals surface area contributed by atoms with Crippen LogP contribution in [0.4, 0.5) is 5.69 Å². The van der Waals surface area contributed by atoms with Crippen molar-refractivity contribution in [3.63, 3.8) is 0 Å². The summed E-state index contributed by atoms with van der Waals surface area (Å²) >= 11 is 9.43. The van der Waals surface area contributed by atoms with Crippen LogP contribution in [0.2, 0.25) is 0 Å². The van der Waals surface area contributed by atoms with Crippen molar-refractivity contribution < 1.29 is 24.1 Å². The van der Waals surface area contributed by atoms with Crippen molar-refractivity contribution in [1.82, 2.24) is 4.90 Å². The van der Waals surface area contributed by atoms with Gasteiger partial charge >= 0.3 is 0 Å². The lowest BCUT2D eigenvalue weighted by Crippen LogP contribution is -2.33. The average Bonchev–Trinajstić information content (AvgIpc) is 3.45. The number of nitrogens with one attached hydrogen (secondary N) is 1. The summed E-state index contributed by atoms with van der Waals surface area (Å²) in [5.41, 5.74) is 3.26. The van der Waals surface area contributed by atoms with Gasteiger partial charge in [0.05, 0.1) is 35.4 Å². The molecule has 1 unspecified atom stereocenters. The first-order chi connectivity index (χ1) is 18.0. The van der Waals surface area contributed by atoms with Crippen molar-refractivity contribution in [3.8, 4) is 5.75 Å². The predicted molar refractivity (Wildman–Crippen MR) is 161 cm³/mol. The number of halogens is 3. The maximum absolute atomic E-state index is 12.5. The van der Waals surface area contributed by atoms with Gasteiger partial charge in [0.15, 0.2) is 0 Å². The molecule has 37 heavy (non-hydrogen) atoms. The molecule has 0 aromatic heterocycles. The van der Waals surface area contributed by atoms with Gasteiger partial charge in [-0.3, -0.25) is 9.69 Å². The number of carbonyl (C=O) groups excluding carboxylic acids is 1. The summed E-state index contributed by atoms with van der Waals surface area (Å²) in [5.74, 6) is 0.587. The molecule has 2 aliphatic heterocycles.